The van der Waals surface area contributed by atoms with Crippen LogP contribution in [0.3, 0.4) is 0 Å². The Bertz CT molecular complexity index is 1030. The van der Waals surface area contributed by atoms with E-state index in [0.29, 0.717) is 12.2 Å². The van der Waals surface area contributed by atoms with Gasteiger partial charge in [-0.15, -0.1) is 6.58 Å². The van der Waals surface area contributed by atoms with Crippen molar-refractivity contribution < 1.29 is 9.53 Å². The van der Waals surface area contributed by atoms with Crippen LogP contribution in [0.2, 0.25) is 0 Å². The van der Waals surface area contributed by atoms with Crippen LogP contribution in [-0.4, -0.2) is 46.0 Å². The maximum Gasteiger partial charge on any atom is 0.295 e. The fourth-order valence-electron chi connectivity index (χ4n) is 2.72. The lowest BCUT2D eigenvalue weighted by molar-refractivity contribution is 0.0822. The molecule has 2 aromatic heterocycles. The summed E-state index contributed by atoms with van der Waals surface area (Å²) in [5.41, 5.74) is 1.70. The molecule has 134 valence electrons. The molecule has 2 heterocycles. The number of carbonyl (C=O) groups excluding carboxylic acids is 1. The largest absolute Gasteiger partial charge is 0.497 e. The average Bonchev–Trinajstić information content (AvgIpc) is 3.07. The molecule has 0 bridgehead atoms. The number of allylic oxidation sites excluding steroid dienone is 1. The van der Waals surface area contributed by atoms with E-state index in [0.717, 1.165) is 11.3 Å². The maximum absolute atomic E-state index is 12.9. The first-order chi connectivity index (χ1) is 12.5. The molecule has 0 unspecified atom stereocenters. The molecule has 0 N–H and O–H groups in total. The number of amides is 1. The van der Waals surface area contributed by atoms with Gasteiger partial charge in [0.15, 0.2) is 0 Å². The number of rotatable bonds is 5. The number of carbonyl (C=O) groups is 1. The van der Waals surface area contributed by atoms with Crippen LogP contribution in [0.25, 0.3) is 16.9 Å². The third-order valence-corrected chi connectivity index (χ3v) is 4.04. The Hall–Kier alpha value is -3.35. The molecule has 0 saturated heterocycles. The van der Waals surface area contributed by atoms with Crippen molar-refractivity contribution in [3.8, 4) is 17.0 Å². The van der Waals surface area contributed by atoms with E-state index in [4.69, 9.17) is 4.74 Å². The minimum absolute atomic E-state index is 0.203. The number of methoxy groups -OCH3 is 1. The highest BCUT2D eigenvalue weighted by Gasteiger charge is 2.17. The lowest BCUT2D eigenvalue weighted by Crippen LogP contribution is -2.24. The normalized spacial score (nSPS) is 10.7. The van der Waals surface area contributed by atoms with E-state index >= 15 is 0 Å². The number of benzene rings is 1. The molecule has 0 spiro atoms. The molecule has 1 amide bonds. The summed E-state index contributed by atoms with van der Waals surface area (Å²) >= 11 is 0. The van der Waals surface area contributed by atoms with E-state index in [9.17, 15) is 9.59 Å². The molecule has 7 heteroatoms. The molecule has 0 aliphatic carbocycles. The van der Waals surface area contributed by atoms with Crippen molar-refractivity contribution in [2.24, 2.45) is 0 Å². The Morgan fingerprint density at radius 2 is 1.96 bits per heavy atom. The molecule has 0 fully saturated rings. The van der Waals surface area contributed by atoms with E-state index in [2.05, 4.69) is 11.6 Å². The standard InChI is InChI=1S/C19H20N4O3/c1-5-10-23-16(13-6-8-14(26-4)9-7-13)12-22-11-15(18(24)21(2)3)20-17(22)19(23)25/h5-9,11-12H,1,10H2,2-4H3. The summed E-state index contributed by atoms with van der Waals surface area (Å²) in [6.45, 7) is 4.06. The Kier molecular flexibility index (Phi) is 4.62. The molecule has 0 radical (unpaired) electrons. The minimum Gasteiger partial charge on any atom is -0.497 e. The molecule has 0 atom stereocenters. The number of ether oxygens (including phenoxy) is 1. The van der Waals surface area contributed by atoms with Crippen LogP contribution in [-0.2, 0) is 6.54 Å². The highest BCUT2D eigenvalue weighted by molar-refractivity contribution is 5.92. The first-order valence-corrected chi connectivity index (χ1v) is 8.05. The topological polar surface area (TPSA) is 68.8 Å². The molecule has 1 aromatic carbocycles. The van der Waals surface area contributed by atoms with Gasteiger partial charge in [0.05, 0.1) is 12.8 Å². The van der Waals surface area contributed by atoms with Gasteiger partial charge in [0, 0.05) is 38.6 Å². The van der Waals surface area contributed by atoms with Gasteiger partial charge in [0.25, 0.3) is 11.5 Å². The number of fused-ring (bicyclic) bond motifs is 1. The summed E-state index contributed by atoms with van der Waals surface area (Å²) in [5, 5.41) is 0. The SMILES string of the molecule is C=CCn1c(-c2ccc(OC)cc2)cn2cc(C(=O)N(C)C)nc2c1=O. The molecule has 0 aliphatic rings. The molecule has 26 heavy (non-hydrogen) atoms. The van der Waals surface area contributed by atoms with E-state index in [1.54, 1.807) is 48.6 Å². The van der Waals surface area contributed by atoms with Gasteiger partial charge in [-0.3, -0.25) is 18.6 Å². The van der Waals surface area contributed by atoms with Gasteiger partial charge in [-0.1, -0.05) is 6.08 Å². The van der Waals surface area contributed by atoms with E-state index in [1.165, 1.54) is 4.90 Å². The van der Waals surface area contributed by atoms with Crippen LogP contribution < -0.4 is 10.3 Å². The van der Waals surface area contributed by atoms with Gasteiger partial charge in [-0.2, -0.15) is 0 Å². The second kappa shape index (κ2) is 6.87. The van der Waals surface area contributed by atoms with Crippen molar-refractivity contribution in [3.05, 3.63) is 65.4 Å². The zero-order valence-electron chi connectivity index (χ0n) is 15.0. The number of hydrogen-bond donors (Lipinski definition) is 0. The van der Waals surface area contributed by atoms with Crippen LogP contribution in [0.5, 0.6) is 5.75 Å². The van der Waals surface area contributed by atoms with Gasteiger partial charge < -0.3 is 9.64 Å². The molecular formula is C19H20N4O3. The van der Waals surface area contributed by atoms with Gasteiger partial charge in [-0.25, -0.2) is 4.98 Å². The smallest absolute Gasteiger partial charge is 0.295 e. The van der Waals surface area contributed by atoms with Crippen molar-refractivity contribution in [1.29, 1.82) is 0 Å². The second-order valence-corrected chi connectivity index (χ2v) is 6.00. The first-order valence-electron chi connectivity index (χ1n) is 8.05. The fraction of sp³-hybridized carbons (Fsp3) is 0.211. The second-order valence-electron chi connectivity index (χ2n) is 6.00. The number of imidazole rings is 1. The molecule has 7 nitrogen and oxygen atoms in total. The zero-order chi connectivity index (χ0) is 18.8. The summed E-state index contributed by atoms with van der Waals surface area (Å²) < 4.78 is 8.37. The Labute approximate surface area is 150 Å². The third kappa shape index (κ3) is 2.99. The van der Waals surface area contributed by atoms with Crippen molar-refractivity contribution in [1.82, 2.24) is 18.9 Å². The lowest BCUT2D eigenvalue weighted by Gasteiger charge is -2.12. The van der Waals surface area contributed by atoms with Crippen molar-refractivity contribution >= 4 is 11.6 Å². The van der Waals surface area contributed by atoms with Crippen molar-refractivity contribution in [3.63, 3.8) is 0 Å². The molecule has 0 aliphatic heterocycles. The zero-order valence-corrected chi connectivity index (χ0v) is 15.0. The van der Waals surface area contributed by atoms with Gasteiger partial charge in [0.1, 0.15) is 11.4 Å². The first kappa shape index (κ1) is 17.5. The Morgan fingerprint density at radius 3 is 2.54 bits per heavy atom. The summed E-state index contributed by atoms with van der Waals surface area (Å²) in [5.74, 6) is 0.475. The van der Waals surface area contributed by atoms with Crippen LogP contribution in [0.1, 0.15) is 10.5 Å². The highest BCUT2D eigenvalue weighted by atomic mass is 16.5. The number of aromatic nitrogens is 3. The van der Waals surface area contributed by atoms with E-state index in [-0.39, 0.29) is 22.8 Å². The highest BCUT2D eigenvalue weighted by Crippen LogP contribution is 2.22. The average molecular weight is 352 g/mol. The van der Waals surface area contributed by atoms with Gasteiger partial charge in [-0.05, 0) is 24.3 Å². The molecule has 0 saturated carbocycles. The van der Waals surface area contributed by atoms with Crippen LogP contribution >= 0.6 is 0 Å². The Morgan fingerprint density at radius 1 is 1.27 bits per heavy atom. The monoisotopic (exact) mass is 352 g/mol. The molecular weight excluding hydrogens is 332 g/mol. The lowest BCUT2D eigenvalue weighted by atomic mass is 10.1. The van der Waals surface area contributed by atoms with E-state index < -0.39 is 0 Å². The van der Waals surface area contributed by atoms with Gasteiger partial charge in [0.2, 0.25) is 5.65 Å². The summed E-state index contributed by atoms with van der Waals surface area (Å²) in [6.07, 6.45) is 5.02. The fourth-order valence-corrected chi connectivity index (χ4v) is 2.72. The van der Waals surface area contributed by atoms with Crippen LogP contribution in [0, 0.1) is 0 Å². The maximum atomic E-state index is 12.9. The van der Waals surface area contributed by atoms with E-state index in [1.807, 2.05) is 24.3 Å². The van der Waals surface area contributed by atoms with Crippen molar-refractivity contribution in [2.75, 3.05) is 21.2 Å². The number of nitrogens with zero attached hydrogens (tertiary/aromatic N) is 4. The van der Waals surface area contributed by atoms with Crippen molar-refractivity contribution in [2.45, 2.75) is 6.54 Å². The minimum atomic E-state index is -0.281. The van der Waals surface area contributed by atoms with Crippen LogP contribution in [0.15, 0.2) is 54.1 Å². The molecule has 3 rings (SSSR count). The van der Waals surface area contributed by atoms with Gasteiger partial charge >= 0.3 is 0 Å². The summed E-state index contributed by atoms with van der Waals surface area (Å²) in [7, 11) is 4.89. The predicted molar refractivity (Wildman–Crippen MR) is 99.7 cm³/mol. The number of hydrogen-bond acceptors (Lipinski definition) is 4. The molecule has 3 aromatic rings. The summed E-state index contributed by atoms with van der Waals surface area (Å²) in [4.78, 5) is 30.7. The summed E-state index contributed by atoms with van der Waals surface area (Å²) in [6, 6.07) is 7.41. The predicted octanol–water partition coefficient (Wildman–Crippen LogP) is 2.06. The van der Waals surface area contributed by atoms with Crippen LogP contribution in [0.4, 0.5) is 0 Å². The Balaban J connectivity index is 2.23. The third-order valence-electron chi connectivity index (χ3n) is 4.04. The quantitative estimate of drug-likeness (QED) is 0.659.